The molecule has 39 heavy (non-hydrogen) atoms. The van der Waals surface area contributed by atoms with Crippen molar-refractivity contribution in [3.63, 3.8) is 0 Å². The Morgan fingerprint density at radius 3 is 2.54 bits per heavy atom. The van der Waals surface area contributed by atoms with Crippen molar-refractivity contribution < 1.29 is 28.6 Å². The molecule has 1 aliphatic heterocycles. The first kappa shape index (κ1) is 26.1. The lowest BCUT2D eigenvalue weighted by molar-refractivity contribution is -0.140. The fraction of sp³-hybridized carbons (Fsp3) is 0.161. The summed E-state index contributed by atoms with van der Waals surface area (Å²) in [5.41, 5.74) is 1.86. The lowest BCUT2D eigenvalue weighted by Gasteiger charge is -2.25. The zero-order valence-electron chi connectivity index (χ0n) is 21.2. The van der Waals surface area contributed by atoms with Crippen LogP contribution in [0.4, 0.5) is 0 Å². The number of nitrogens with zero attached hydrogens (tertiary/aromatic N) is 1. The van der Waals surface area contributed by atoms with E-state index in [9.17, 15) is 14.7 Å². The van der Waals surface area contributed by atoms with Crippen LogP contribution in [0.25, 0.3) is 5.76 Å². The number of carbonyl (C=O) groups is 2. The van der Waals surface area contributed by atoms with Crippen LogP contribution in [0.15, 0.2) is 101 Å². The Morgan fingerprint density at radius 1 is 0.974 bits per heavy atom. The molecule has 1 atom stereocenters. The number of hydrogen-bond donors (Lipinski definition) is 1. The minimum atomic E-state index is -0.887. The third-order valence-electron chi connectivity index (χ3n) is 6.37. The predicted octanol–water partition coefficient (Wildman–Crippen LogP) is 6.53. The van der Waals surface area contributed by atoms with Gasteiger partial charge in [0.05, 0.1) is 36.1 Å². The third-order valence-corrected chi connectivity index (χ3v) is 6.69. The average Bonchev–Trinajstić information content (AvgIpc) is 3.56. The van der Waals surface area contributed by atoms with Crippen molar-refractivity contribution >= 4 is 29.1 Å². The molecule has 0 spiro atoms. The highest BCUT2D eigenvalue weighted by atomic mass is 35.5. The van der Waals surface area contributed by atoms with Gasteiger partial charge in [0.1, 0.15) is 29.6 Å². The van der Waals surface area contributed by atoms with E-state index in [0.29, 0.717) is 46.6 Å². The highest BCUT2D eigenvalue weighted by Gasteiger charge is 2.46. The first-order valence-corrected chi connectivity index (χ1v) is 12.8. The number of rotatable bonds is 9. The van der Waals surface area contributed by atoms with E-state index in [1.165, 1.54) is 11.2 Å². The molecule has 1 aliphatic rings. The van der Waals surface area contributed by atoms with Crippen molar-refractivity contribution in [2.24, 2.45) is 0 Å². The second-order valence-electron chi connectivity index (χ2n) is 8.93. The molecule has 1 saturated heterocycles. The molecule has 1 N–H and O–H groups in total. The highest BCUT2D eigenvalue weighted by Crippen LogP contribution is 2.42. The molecule has 1 aromatic heterocycles. The van der Waals surface area contributed by atoms with Gasteiger partial charge in [-0.1, -0.05) is 54.1 Å². The van der Waals surface area contributed by atoms with Gasteiger partial charge in [-0.2, -0.15) is 0 Å². The largest absolute Gasteiger partial charge is 0.507 e. The number of ketones is 1. The van der Waals surface area contributed by atoms with E-state index in [4.69, 9.17) is 25.5 Å². The predicted molar refractivity (Wildman–Crippen MR) is 146 cm³/mol. The number of hydrogen-bond acceptors (Lipinski definition) is 6. The minimum Gasteiger partial charge on any atom is -0.507 e. The zero-order valence-corrected chi connectivity index (χ0v) is 21.9. The Hall–Kier alpha value is -4.49. The van der Waals surface area contributed by atoms with Gasteiger partial charge in [-0.15, -0.1) is 0 Å². The van der Waals surface area contributed by atoms with Gasteiger partial charge in [0.15, 0.2) is 0 Å². The number of carbonyl (C=O) groups excluding carboxylic acids is 2. The molecule has 1 fully saturated rings. The standard InChI is InChI=1S/C31H26ClNO6/c1-2-37-26-17-22(13-14-25(26)32)29(34)27-28(33(31(36)30(27)35)18-24-12-7-15-38-24)21-10-6-11-23(16-21)39-19-20-8-4-3-5-9-20/h3-17,28,34H,2,18-19H2,1H3/b29-27-. The van der Waals surface area contributed by atoms with Gasteiger partial charge >= 0.3 is 0 Å². The van der Waals surface area contributed by atoms with E-state index in [0.717, 1.165) is 5.56 Å². The normalized spacial score (nSPS) is 16.5. The van der Waals surface area contributed by atoms with Gasteiger partial charge in [0.25, 0.3) is 11.7 Å². The Morgan fingerprint density at radius 2 is 1.79 bits per heavy atom. The lowest BCUT2D eigenvalue weighted by Crippen LogP contribution is -2.29. The Bertz CT molecular complexity index is 1510. The van der Waals surface area contributed by atoms with Gasteiger partial charge in [-0.05, 0) is 60.5 Å². The van der Waals surface area contributed by atoms with E-state index < -0.39 is 17.7 Å². The first-order valence-electron chi connectivity index (χ1n) is 12.5. The van der Waals surface area contributed by atoms with E-state index in [1.54, 1.807) is 54.6 Å². The van der Waals surface area contributed by atoms with Crippen molar-refractivity contribution in [3.8, 4) is 11.5 Å². The SMILES string of the molecule is CCOc1cc(/C(O)=C2/C(=O)C(=O)N(Cc3ccco3)C2c2cccc(OCc3ccccc3)c2)ccc1Cl. The number of amides is 1. The summed E-state index contributed by atoms with van der Waals surface area (Å²) in [6.45, 7) is 2.57. The summed E-state index contributed by atoms with van der Waals surface area (Å²) >= 11 is 6.23. The number of Topliss-reactive ketones (excluding diaryl/α,β-unsaturated/α-hetero) is 1. The molecule has 0 bridgehead atoms. The van der Waals surface area contributed by atoms with Crippen LogP contribution in [0.1, 0.15) is 35.4 Å². The van der Waals surface area contributed by atoms with Crippen LogP contribution in [0.2, 0.25) is 5.02 Å². The van der Waals surface area contributed by atoms with Gasteiger partial charge in [0.2, 0.25) is 0 Å². The summed E-state index contributed by atoms with van der Waals surface area (Å²) in [5.74, 6) is -0.442. The molecule has 0 saturated carbocycles. The van der Waals surface area contributed by atoms with E-state index >= 15 is 0 Å². The molecule has 3 aromatic carbocycles. The smallest absolute Gasteiger partial charge is 0.296 e. The molecule has 8 heteroatoms. The first-order chi connectivity index (χ1) is 19.0. The van der Waals surface area contributed by atoms with Crippen molar-refractivity contribution in [1.29, 1.82) is 0 Å². The number of aliphatic hydroxyl groups is 1. The number of ether oxygens (including phenoxy) is 2. The molecular weight excluding hydrogens is 518 g/mol. The van der Waals surface area contributed by atoms with Crippen molar-refractivity contribution in [2.75, 3.05) is 6.61 Å². The number of likely N-dealkylation sites (tertiary alicyclic amines) is 1. The number of aliphatic hydroxyl groups excluding tert-OH is 1. The van der Waals surface area contributed by atoms with Gasteiger partial charge < -0.3 is 23.9 Å². The van der Waals surface area contributed by atoms with E-state index in [1.807, 2.05) is 37.3 Å². The maximum absolute atomic E-state index is 13.4. The zero-order chi connectivity index (χ0) is 27.4. The van der Waals surface area contributed by atoms with Crippen molar-refractivity contribution in [3.05, 3.63) is 124 Å². The molecule has 4 aromatic rings. The van der Waals surface area contributed by atoms with Crippen molar-refractivity contribution in [1.82, 2.24) is 4.90 Å². The Kier molecular flexibility index (Phi) is 7.70. The molecule has 7 nitrogen and oxygen atoms in total. The van der Waals surface area contributed by atoms with Crippen LogP contribution in [0, 0.1) is 0 Å². The molecule has 1 amide bonds. The fourth-order valence-corrected chi connectivity index (χ4v) is 4.72. The van der Waals surface area contributed by atoms with Crippen LogP contribution in [0.3, 0.4) is 0 Å². The molecule has 198 valence electrons. The molecule has 0 radical (unpaired) electrons. The summed E-state index contributed by atoms with van der Waals surface area (Å²) in [7, 11) is 0. The number of halogens is 1. The van der Waals surface area contributed by atoms with E-state index in [2.05, 4.69) is 0 Å². The Labute approximate surface area is 230 Å². The third kappa shape index (κ3) is 5.54. The van der Waals surface area contributed by atoms with Gasteiger partial charge in [-0.3, -0.25) is 9.59 Å². The molecular formula is C31H26ClNO6. The Balaban J connectivity index is 1.57. The van der Waals surface area contributed by atoms with Crippen LogP contribution < -0.4 is 9.47 Å². The van der Waals surface area contributed by atoms with Gasteiger partial charge in [0, 0.05) is 5.56 Å². The topological polar surface area (TPSA) is 89.2 Å². The van der Waals surface area contributed by atoms with Crippen LogP contribution in [-0.4, -0.2) is 28.3 Å². The molecule has 2 heterocycles. The summed E-state index contributed by atoms with van der Waals surface area (Å²) in [4.78, 5) is 28.1. The van der Waals surface area contributed by atoms with Crippen LogP contribution in [0.5, 0.6) is 11.5 Å². The fourth-order valence-electron chi connectivity index (χ4n) is 4.55. The maximum Gasteiger partial charge on any atom is 0.296 e. The molecule has 5 rings (SSSR count). The van der Waals surface area contributed by atoms with Gasteiger partial charge in [-0.25, -0.2) is 0 Å². The van der Waals surface area contributed by atoms with Crippen LogP contribution >= 0.6 is 11.6 Å². The second-order valence-corrected chi connectivity index (χ2v) is 9.34. The molecule has 1 unspecified atom stereocenters. The highest BCUT2D eigenvalue weighted by molar-refractivity contribution is 6.46. The van der Waals surface area contributed by atoms with Crippen molar-refractivity contribution in [2.45, 2.75) is 26.1 Å². The minimum absolute atomic E-state index is 0.0406. The summed E-state index contributed by atoms with van der Waals surface area (Å²) in [6, 6.07) is 24.2. The quantitative estimate of drug-likeness (QED) is 0.147. The second kappa shape index (κ2) is 11.5. The number of furan rings is 1. The summed E-state index contributed by atoms with van der Waals surface area (Å²) in [6.07, 6.45) is 1.50. The summed E-state index contributed by atoms with van der Waals surface area (Å²) < 4.78 is 17.0. The van der Waals surface area contributed by atoms with E-state index in [-0.39, 0.29) is 17.9 Å². The average molecular weight is 544 g/mol. The summed E-state index contributed by atoms with van der Waals surface area (Å²) in [5, 5.41) is 11.8. The number of benzene rings is 3. The monoisotopic (exact) mass is 543 g/mol. The lowest BCUT2D eigenvalue weighted by atomic mass is 9.95. The maximum atomic E-state index is 13.4. The van der Waals surface area contributed by atoms with Crippen LogP contribution in [-0.2, 0) is 22.7 Å². The molecule has 0 aliphatic carbocycles.